The number of nitrogens with one attached hydrogen (secondary N) is 1. The van der Waals surface area contributed by atoms with Crippen LogP contribution in [-0.4, -0.2) is 30.6 Å². The summed E-state index contributed by atoms with van der Waals surface area (Å²) in [5.74, 6) is 0. The minimum Gasteiger partial charge on any atom is -0.312 e. The number of nitrogens with zero attached hydrogens (tertiary/aromatic N) is 1. The minimum absolute atomic E-state index is 0.327. The maximum atomic E-state index is 3.61. The lowest BCUT2D eigenvalue weighted by atomic mass is 9.96. The van der Waals surface area contributed by atoms with Crippen LogP contribution in [0.3, 0.4) is 0 Å². The molecule has 0 aliphatic carbocycles. The van der Waals surface area contributed by atoms with Crippen molar-refractivity contribution in [2.24, 2.45) is 0 Å². The van der Waals surface area contributed by atoms with E-state index in [1.54, 1.807) is 0 Å². The summed E-state index contributed by atoms with van der Waals surface area (Å²) in [6.07, 6.45) is 0. The molecule has 21 heavy (non-hydrogen) atoms. The van der Waals surface area contributed by atoms with Gasteiger partial charge in [0.25, 0.3) is 0 Å². The molecule has 1 fully saturated rings. The van der Waals surface area contributed by atoms with Crippen molar-refractivity contribution in [2.45, 2.75) is 19.0 Å². The lowest BCUT2D eigenvalue weighted by Crippen LogP contribution is -2.50. The molecule has 3 rings (SSSR count). The van der Waals surface area contributed by atoms with E-state index in [0.29, 0.717) is 12.1 Å². The summed E-state index contributed by atoms with van der Waals surface area (Å²) in [7, 11) is 0. The summed E-state index contributed by atoms with van der Waals surface area (Å²) in [6.45, 7) is 5.47. The number of rotatable bonds is 3. The number of hydrogen-bond acceptors (Lipinski definition) is 2. The van der Waals surface area contributed by atoms with Crippen LogP contribution in [0.25, 0.3) is 0 Å². The van der Waals surface area contributed by atoms with Crippen LogP contribution >= 0.6 is 15.9 Å². The second kappa shape index (κ2) is 6.73. The first-order valence-corrected chi connectivity index (χ1v) is 8.31. The van der Waals surface area contributed by atoms with Gasteiger partial charge in [-0.05, 0) is 30.2 Å². The standard InChI is InChI=1S/C18H21BrN2/c1-14-13-21(11-10-20-14)18(15-6-3-2-4-7-15)16-8-5-9-17(19)12-16/h2-9,12,14,18,20H,10-11,13H2,1H3. The monoisotopic (exact) mass is 344 g/mol. The topological polar surface area (TPSA) is 15.3 Å². The summed E-state index contributed by atoms with van der Waals surface area (Å²) in [5, 5.41) is 3.53. The van der Waals surface area contributed by atoms with Crippen LogP contribution in [-0.2, 0) is 0 Å². The molecule has 0 radical (unpaired) electrons. The fourth-order valence-corrected chi connectivity index (χ4v) is 3.54. The van der Waals surface area contributed by atoms with Crippen LogP contribution in [0.4, 0.5) is 0 Å². The van der Waals surface area contributed by atoms with Gasteiger partial charge < -0.3 is 5.32 Å². The molecular weight excluding hydrogens is 324 g/mol. The Kier molecular flexibility index (Phi) is 4.73. The first kappa shape index (κ1) is 14.8. The van der Waals surface area contributed by atoms with Crippen molar-refractivity contribution in [3.63, 3.8) is 0 Å². The summed E-state index contributed by atoms with van der Waals surface area (Å²) < 4.78 is 1.14. The van der Waals surface area contributed by atoms with Gasteiger partial charge in [-0.3, -0.25) is 4.90 Å². The average Bonchev–Trinajstić information content (AvgIpc) is 2.49. The third-order valence-corrected chi connectivity index (χ3v) is 4.54. The molecule has 1 aliphatic heterocycles. The van der Waals surface area contributed by atoms with E-state index in [0.717, 1.165) is 24.1 Å². The molecule has 0 bridgehead atoms. The van der Waals surface area contributed by atoms with Crippen LogP contribution in [0.1, 0.15) is 24.1 Å². The van der Waals surface area contributed by atoms with Crippen molar-refractivity contribution < 1.29 is 0 Å². The smallest absolute Gasteiger partial charge is 0.0603 e. The van der Waals surface area contributed by atoms with E-state index in [1.807, 2.05) is 0 Å². The molecule has 2 atom stereocenters. The average molecular weight is 345 g/mol. The fourth-order valence-electron chi connectivity index (χ4n) is 3.12. The van der Waals surface area contributed by atoms with E-state index in [1.165, 1.54) is 11.1 Å². The van der Waals surface area contributed by atoms with E-state index >= 15 is 0 Å². The highest BCUT2D eigenvalue weighted by Gasteiger charge is 2.26. The molecule has 1 aliphatic rings. The van der Waals surface area contributed by atoms with Gasteiger partial charge in [-0.25, -0.2) is 0 Å². The second-order valence-corrected chi connectivity index (χ2v) is 6.63. The van der Waals surface area contributed by atoms with Gasteiger partial charge in [0.2, 0.25) is 0 Å². The van der Waals surface area contributed by atoms with Crippen LogP contribution in [0.5, 0.6) is 0 Å². The largest absolute Gasteiger partial charge is 0.312 e. The molecule has 0 spiro atoms. The summed E-state index contributed by atoms with van der Waals surface area (Å²) in [4.78, 5) is 2.58. The quantitative estimate of drug-likeness (QED) is 0.910. The van der Waals surface area contributed by atoms with Crippen LogP contribution in [0.15, 0.2) is 59.1 Å². The second-order valence-electron chi connectivity index (χ2n) is 5.72. The normalized spacial score (nSPS) is 21.1. The summed E-state index contributed by atoms with van der Waals surface area (Å²) in [6, 6.07) is 20.4. The lowest BCUT2D eigenvalue weighted by molar-refractivity contribution is 0.170. The Morgan fingerprint density at radius 2 is 1.86 bits per heavy atom. The Bertz CT molecular complexity index is 585. The van der Waals surface area contributed by atoms with Crippen molar-refractivity contribution in [1.82, 2.24) is 10.2 Å². The van der Waals surface area contributed by atoms with Gasteiger partial charge in [-0.15, -0.1) is 0 Å². The van der Waals surface area contributed by atoms with E-state index in [-0.39, 0.29) is 0 Å². The highest BCUT2D eigenvalue weighted by molar-refractivity contribution is 9.10. The molecule has 0 amide bonds. The van der Waals surface area contributed by atoms with E-state index in [4.69, 9.17) is 0 Å². The fraction of sp³-hybridized carbons (Fsp3) is 0.333. The highest BCUT2D eigenvalue weighted by Crippen LogP contribution is 2.30. The van der Waals surface area contributed by atoms with Gasteiger partial charge in [0.15, 0.2) is 0 Å². The molecule has 0 saturated carbocycles. The molecule has 1 N–H and O–H groups in total. The van der Waals surface area contributed by atoms with Gasteiger partial charge in [-0.1, -0.05) is 58.4 Å². The molecule has 1 saturated heterocycles. The summed E-state index contributed by atoms with van der Waals surface area (Å²) >= 11 is 3.61. The van der Waals surface area contributed by atoms with Crippen molar-refractivity contribution >= 4 is 15.9 Å². The van der Waals surface area contributed by atoms with Crippen molar-refractivity contribution in [1.29, 1.82) is 0 Å². The van der Waals surface area contributed by atoms with Gasteiger partial charge in [0.1, 0.15) is 0 Å². The highest BCUT2D eigenvalue weighted by atomic mass is 79.9. The third-order valence-electron chi connectivity index (χ3n) is 4.05. The van der Waals surface area contributed by atoms with Crippen molar-refractivity contribution in [3.05, 3.63) is 70.2 Å². The predicted octanol–water partition coefficient (Wildman–Crippen LogP) is 3.83. The van der Waals surface area contributed by atoms with Crippen LogP contribution in [0, 0.1) is 0 Å². The number of piperazine rings is 1. The van der Waals surface area contributed by atoms with Crippen LogP contribution < -0.4 is 5.32 Å². The first-order valence-electron chi connectivity index (χ1n) is 7.52. The minimum atomic E-state index is 0.327. The Labute approximate surface area is 135 Å². The van der Waals surface area contributed by atoms with Crippen molar-refractivity contribution in [3.8, 4) is 0 Å². The maximum Gasteiger partial charge on any atom is 0.0603 e. The first-order chi connectivity index (χ1) is 10.2. The Morgan fingerprint density at radius 3 is 2.57 bits per heavy atom. The van der Waals surface area contributed by atoms with Crippen molar-refractivity contribution in [2.75, 3.05) is 19.6 Å². The molecule has 2 aromatic rings. The number of hydrogen-bond donors (Lipinski definition) is 1. The third kappa shape index (κ3) is 3.54. The van der Waals surface area contributed by atoms with Gasteiger partial charge in [0.05, 0.1) is 6.04 Å². The molecule has 2 unspecified atom stereocenters. The van der Waals surface area contributed by atoms with Crippen LogP contribution in [0.2, 0.25) is 0 Å². The predicted molar refractivity (Wildman–Crippen MR) is 91.5 cm³/mol. The zero-order chi connectivity index (χ0) is 14.7. The lowest BCUT2D eigenvalue weighted by Gasteiger charge is -2.38. The number of halogens is 1. The van der Waals surface area contributed by atoms with E-state index < -0.39 is 0 Å². The Balaban J connectivity index is 1.98. The Morgan fingerprint density at radius 1 is 1.10 bits per heavy atom. The van der Waals surface area contributed by atoms with Gasteiger partial charge in [0, 0.05) is 30.1 Å². The molecule has 2 nitrogen and oxygen atoms in total. The molecule has 1 heterocycles. The zero-order valence-electron chi connectivity index (χ0n) is 12.3. The number of benzene rings is 2. The molecule has 0 aromatic heterocycles. The molecule has 2 aromatic carbocycles. The summed E-state index contributed by atoms with van der Waals surface area (Å²) in [5.41, 5.74) is 2.72. The SMILES string of the molecule is CC1CN(C(c2ccccc2)c2cccc(Br)c2)CCN1. The zero-order valence-corrected chi connectivity index (χ0v) is 13.9. The van der Waals surface area contributed by atoms with Gasteiger partial charge >= 0.3 is 0 Å². The van der Waals surface area contributed by atoms with E-state index in [2.05, 4.69) is 87.7 Å². The molecule has 3 heteroatoms. The maximum absolute atomic E-state index is 3.61. The molecular formula is C18H21BrN2. The molecule has 110 valence electrons. The van der Waals surface area contributed by atoms with Gasteiger partial charge in [-0.2, -0.15) is 0 Å². The van der Waals surface area contributed by atoms with E-state index in [9.17, 15) is 0 Å². The Hall–Kier alpha value is -1.16.